The Bertz CT molecular complexity index is 1270. The molecule has 1 fully saturated rings. The molecule has 1 saturated heterocycles. The van der Waals surface area contributed by atoms with Gasteiger partial charge in [-0.05, 0) is 48.0 Å². The summed E-state index contributed by atoms with van der Waals surface area (Å²) in [5.41, 5.74) is 2.65. The molecule has 0 radical (unpaired) electrons. The second kappa shape index (κ2) is 9.85. The number of carbonyl (C=O) groups is 2. The summed E-state index contributed by atoms with van der Waals surface area (Å²) in [6.45, 7) is 4.00. The normalized spacial score (nSPS) is 15.2. The van der Waals surface area contributed by atoms with Crippen molar-refractivity contribution in [3.8, 4) is 11.5 Å². The minimum atomic E-state index is -1.04. The van der Waals surface area contributed by atoms with Gasteiger partial charge in [0.2, 0.25) is 6.79 Å². The lowest BCUT2D eigenvalue weighted by Gasteiger charge is -2.36. The number of rotatable bonds is 6. The molecule has 1 amide bonds. The van der Waals surface area contributed by atoms with Crippen molar-refractivity contribution >= 4 is 34.9 Å². The molecule has 0 unspecified atom stereocenters. The highest BCUT2D eigenvalue weighted by Gasteiger charge is 2.23. The van der Waals surface area contributed by atoms with Crippen molar-refractivity contribution in [2.45, 2.75) is 6.54 Å². The topological polar surface area (TPSA) is 91.3 Å². The van der Waals surface area contributed by atoms with Crippen LogP contribution in [-0.4, -0.2) is 54.9 Å². The van der Waals surface area contributed by atoms with Crippen LogP contribution in [0.1, 0.15) is 26.3 Å². The Hall–Kier alpha value is -3.75. The van der Waals surface area contributed by atoms with E-state index in [2.05, 4.69) is 15.1 Å². The van der Waals surface area contributed by atoms with Crippen molar-refractivity contribution in [3.05, 3.63) is 82.4 Å². The molecular formula is C26H24ClN3O5. The van der Waals surface area contributed by atoms with Gasteiger partial charge in [-0.3, -0.25) is 9.69 Å². The Kier molecular flexibility index (Phi) is 6.48. The van der Waals surface area contributed by atoms with Crippen molar-refractivity contribution in [3.63, 3.8) is 0 Å². The van der Waals surface area contributed by atoms with Crippen LogP contribution in [0, 0.1) is 0 Å². The third kappa shape index (κ3) is 5.03. The third-order valence-corrected chi connectivity index (χ3v) is 6.49. The van der Waals surface area contributed by atoms with E-state index in [0.29, 0.717) is 35.1 Å². The number of carbonyl (C=O) groups excluding carboxylic acids is 1. The van der Waals surface area contributed by atoms with Crippen molar-refractivity contribution in [2.24, 2.45) is 0 Å². The zero-order valence-electron chi connectivity index (χ0n) is 18.9. The summed E-state index contributed by atoms with van der Waals surface area (Å²) < 4.78 is 10.8. The molecule has 2 heterocycles. The fourth-order valence-electron chi connectivity index (χ4n) is 4.35. The largest absolute Gasteiger partial charge is 0.478 e. The zero-order valence-corrected chi connectivity index (χ0v) is 19.6. The summed E-state index contributed by atoms with van der Waals surface area (Å²) in [7, 11) is 0. The zero-order chi connectivity index (χ0) is 24.4. The van der Waals surface area contributed by atoms with Crippen molar-refractivity contribution < 1.29 is 24.2 Å². The van der Waals surface area contributed by atoms with Crippen LogP contribution in [0.25, 0.3) is 0 Å². The number of halogens is 1. The van der Waals surface area contributed by atoms with Gasteiger partial charge in [-0.15, -0.1) is 0 Å². The summed E-state index contributed by atoms with van der Waals surface area (Å²) in [5, 5.41) is 12.9. The molecule has 2 N–H and O–H groups in total. The second-order valence-corrected chi connectivity index (χ2v) is 8.83. The number of hydrogen-bond acceptors (Lipinski definition) is 6. The van der Waals surface area contributed by atoms with Crippen molar-refractivity contribution in [2.75, 3.05) is 43.2 Å². The quantitative estimate of drug-likeness (QED) is 0.527. The molecule has 0 spiro atoms. The maximum absolute atomic E-state index is 12.6. The van der Waals surface area contributed by atoms with Crippen LogP contribution < -0.4 is 19.7 Å². The van der Waals surface area contributed by atoms with Crippen LogP contribution in [0.5, 0.6) is 11.5 Å². The summed E-state index contributed by atoms with van der Waals surface area (Å²) >= 11 is 6.10. The minimum absolute atomic E-state index is 0.145. The van der Waals surface area contributed by atoms with E-state index in [1.165, 1.54) is 6.07 Å². The molecule has 35 heavy (non-hydrogen) atoms. The number of aromatic carboxylic acids is 1. The highest BCUT2D eigenvalue weighted by Crippen LogP contribution is 2.33. The first-order chi connectivity index (χ1) is 17.0. The molecule has 0 atom stereocenters. The molecule has 2 aliphatic rings. The van der Waals surface area contributed by atoms with Crippen LogP contribution >= 0.6 is 11.6 Å². The summed E-state index contributed by atoms with van der Waals surface area (Å²) in [6.07, 6.45) is 0. The number of hydrogen-bond donors (Lipinski definition) is 2. The Balaban J connectivity index is 1.25. The first-order valence-corrected chi connectivity index (χ1v) is 11.6. The van der Waals surface area contributed by atoms with Crippen LogP contribution in [0.3, 0.4) is 0 Å². The van der Waals surface area contributed by atoms with E-state index in [0.717, 1.165) is 36.7 Å². The van der Waals surface area contributed by atoms with Crippen molar-refractivity contribution in [1.82, 2.24) is 4.90 Å². The van der Waals surface area contributed by atoms with Crippen LogP contribution in [0.15, 0.2) is 60.7 Å². The first kappa shape index (κ1) is 23.0. The number of ether oxygens (including phenoxy) is 2. The van der Waals surface area contributed by atoms with Gasteiger partial charge < -0.3 is 24.8 Å². The van der Waals surface area contributed by atoms with Crippen LogP contribution in [0.2, 0.25) is 5.02 Å². The van der Waals surface area contributed by atoms with Crippen molar-refractivity contribution in [1.29, 1.82) is 0 Å². The van der Waals surface area contributed by atoms with E-state index < -0.39 is 11.9 Å². The second-order valence-electron chi connectivity index (χ2n) is 8.42. The SMILES string of the molecule is O=C(Nc1ccc(N2CCN(Cc3ccc4c(c3)OCO4)CC2)c(C(=O)O)c1)c1ccccc1Cl. The Morgan fingerprint density at radius 3 is 2.46 bits per heavy atom. The molecule has 0 aliphatic carbocycles. The van der Waals surface area contributed by atoms with Gasteiger partial charge in [0, 0.05) is 38.4 Å². The molecule has 0 saturated carbocycles. The molecule has 180 valence electrons. The number of nitrogens with one attached hydrogen (secondary N) is 1. The molecule has 8 nitrogen and oxygen atoms in total. The first-order valence-electron chi connectivity index (χ1n) is 11.3. The standard InChI is InChI=1S/C26H24ClN3O5/c27-21-4-2-1-3-19(21)25(31)28-18-6-7-22(20(14-18)26(32)33)30-11-9-29(10-12-30)15-17-5-8-23-24(13-17)35-16-34-23/h1-8,13-14H,9-12,15-16H2,(H,28,31)(H,32,33). The van der Waals surface area contributed by atoms with E-state index in [-0.39, 0.29) is 12.4 Å². The maximum atomic E-state index is 12.6. The van der Waals surface area contributed by atoms with Gasteiger partial charge in [0.15, 0.2) is 11.5 Å². The minimum Gasteiger partial charge on any atom is -0.478 e. The van der Waals surface area contributed by atoms with Gasteiger partial charge in [0.1, 0.15) is 0 Å². The highest BCUT2D eigenvalue weighted by atomic mass is 35.5. The molecule has 9 heteroatoms. The van der Waals surface area contributed by atoms with Gasteiger partial charge in [-0.1, -0.05) is 29.8 Å². The number of nitrogens with zero attached hydrogens (tertiary/aromatic N) is 2. The van der Waals surface area contributed by atoms with Gasteiger partial charge in [-0.2, -0.15) is 0 Å². The van der Waals surface area contributed by atoms with E-state index >= 15 is 0 Å². The molecule has 3 aromatic carbocycles. The van der Waals surface area contributed by atoms with E-state index in [9.17, 15) is 14.7 Å². The van der Waals surface area contributed by atoms with Gasteiger partial charge in [-0.25, -0.2) is 4.79 Å². The average Bonchev–Trinajstić information content (AvgIpc) is 3.33. The monoisotopic (exact) mass is 493 g/mol. The van der Waals surface area contributed by atoms with Gasteiger partial charge >= 0.3 is 5.97 Å². The van der Waals surface area contributed by atoms with Gasteiger partial charge in [0.25, 0.3) is 5.91 Å². The number of carboxylic acid groups (broad SMARTS) is 1. The van der Waals surface area contributed by atoms with Crippen LogP contribution in [-0.2, 0) is 6.54 Å². The number of carboxylic acids is 1. The third-order valence-electron chi connectivity index (χ3n) is 6.16. The predicted molar refractivity (Wildman–Crippen MR) is 133 cm³/mol. The smallest absolute Gasteiger partial charge is 0.337 e. The number of fused-ring (bicyclic) bond motifs is 1. The molecule has 3 aromatic rings. The Morgan fingerprint density at radius 1 is 0.914 bits per heavy atom. The highest BCUT2D eigenvalue weighted by molar-refractivity contribution is 6.34. The maximum Gasteiger partial charge on any atom is 0.337 e. The predicted octanol–water partition coefficient (Wildman–Crippen LogP) is 4.34. The number of piperazine rings is 1. The summed E-state index contributed by atoms with van der Waals surface area (Å²) in [6, 6.07) is 17.6. The van der Waals surface area contributed by atoms with Crippen LogP contribution in [0.4, 0.5) is 11.4 Å². The number of amides is 1. The lowest BCUT2D eigenvalue weighted by Crippen LogP contribution is -2.46. The summed E-state index contributed by atoms with van der Waals surface area (Å²) in [4.78, 5) is 29.0. The van der Waals surface area contributed by atoms with Gasteiger partial charge in [0.05, 0.1) is 21.8 Å². The molecule has 0 bridgehead atoms. The van der Waals surface area contributed by atoms with E-state index in [4.69, 9.17) is 21.1 Å². The summed E-state index contributed by atoms with van der Waals surface area (Å²) in [5.74, 6) is 0.105. The molecular weight excluding hydrogens is 470 g/mol. The number of benzene rings is 3. The lowest BCUT2D eigenvalue weighted by atomic mass is 10.1. The molecule has 5 rings (SSSR count). The van der Waals surface area contributed by atoms with E-state index in [1.807, 2.05) is 18.2 Å². The number of anilines is 2. The van der Waals surface area contributed by atoms with E-state index in [1.54, 1.807) is 36.4 Å². The lowest BCUT2D eigenvalue weighted by molar-refractivity contribution is 0.0697. The molecule has 2 aliphatic heterocycles. The Morgan fingerprint density at radius 2 is 1.69 bits per heavy atom. The fourth-order valence-corrected chi connectivity index (χ4v) is 4.57. The average molecular weight is 494 g/mol. The fraction of sp³-hybridized carbons (Fsp3) is 0.231. The molecule has 0 aromatic heterocycles. The Labute approximate surface area is 207 Å².